The van der Waals surface area contributed by atoms with Crippen LogP contribution in [-0.4, -0.2) is 16.9 Å². The molecule has 3 rings (SSSR count). The van der Waals surface area contributed by atoms with Crippen molar-refractivity contribution in [3.63, 3.8) is 0 Å². The minimum atomic E-state index is -0.168. The van der Waals surface area contributed by atoms with Gasteiger partial charge in [0.2, 0.25) is 5.91 Å². The molecule has 2 aromatic carbocycles. The zero-order chi connectivity index (χ0) is 17.6. The lowest BCUT2D eigenvalue weighted by Gasteiger charge is -2.22. The summed E-state index contributed by atoms with van der Waals surface area (Å²) in [6.07, 6.45) is 2.40. The van der Waals surface area contributed by atoms with Crippen molar-refractivity contribution in [3.8, 4) is 0 Å². The molecule has 1 fully saturated rings. The number of likely N-dealkylation sites (tertiary alicyclic amines) is 1. The highest BCUT2D eigenvalue weighted by Crippen LogP contribution is 2.29. The van der Waals surface area contributed by atoms with Crippen LogP contribution in [-0.2, 0) is 22.7 Å². The van der Waals surface area contributed by atoms with Crippen molar-refractivity contribution in [1.82, 2.24) is 4.90 Å². The average Bonchev–Trinajstić information content (AvgIpc) is 2.90. The quantitative estimate of drug-likeness (QED) is 0.775. The molecule has 25 heavy (non-hydrogen) atoms. The van der Waals surface area contributed by atoms with Gasteiger partial charge in [-0.15, -0.1) is 0 Å². The Morgan fingerprint density at radius 2 is 1.64 bits per heavy atom. The van der Waals surface area contributed by atoms with Crippen LogP contribution in [0.15, 0.2) is 72.4 Å². The summed E-state index contributed by atoms with van der Waals surface area (Å²) in [6, 6.07) is 20.2. The van der Waals surface area contributed by atoms with Gasteiger partial charge in [-0.1, -0.05) is 80.6 Å². The highest BCUT2D eigenvalue weighted by Gasteiger charge is 2.35. The van der Waals surface area contributed by atoms with E-state index in [2.05, 4.69) is 32.1 Å². The largest absolute Gasteiger partial charge is 0.367 e. The first-order valence-corrected chi connectivity index (χ1v) is 8.85. The molecule has 2 aromatic rings. The van der Waals surface area contributed by atoms with Gasteiger partial charge < -0.3 is 9.64 Å². The number of rotatable bonds is 6. The van der Waals surface area contributed by atoms with Crippen LogP contribution in [0.4, 0.5) is 0 Å². The molecular weight excluding hydrogens is 310 g/mol. The van der Waals surface area contributed by atoms with Crippen molar-refractivity contribution >= 4 is 5.91 Å². The van der Waals surface area contributed by atoms with E-state index in [4.69, 9.17) is 4.74 Å². The number of amides is 1. The highest BCUT2D eigenvalue weighted by molar-refractivity contribution is 5.82. The third kappa shape index (κ3) is 4.58. The van der Waals surface area contributed by atoms with E-state index in [9.17, 15) is 4.79 Å². The summed E-state index contributed by atoms with van der Waals surface area (Å²) in [5.74, 6) is 0.496. The molecule has 0 saturated carbocycles. The van der Waals surface area contributed by atoms with Gasteiger partial charge in [0.05, 0.1) is 19.6 Å². The summed E-state index contributed by atoms with van der Waals surface area (Å²) in [5, 5.41) is 0. The normalized spacial score (nSPS) is 19.2. The molecule has 0 aliphatic carbocycles. The first-order chi connectivity index (χ1) is 12.1. The van der Waals surface area contributed by atoms with Crippen molar-refractivity contribution in [3.05, 3.63) is 83.6 Å². The van der Waals surface area contributed by atoms with E-state index in [1.54, 1.807) is 0 Å². The third-order valence-corrected chi connectivity index (χ3v) is 4.28. The van der Waals surface area contributed by atoms with E-state index in [1.807, 2.05) is 53.4 Å². The Hall–Kier alpha value is -2.39. The second-order valence-electron chi connectivity index (χ2n) is 6.79. The van der Waals surface area contributed by atoms with Gasteiger partial charge in [-0.05, 0) is 17.0 Å². The number of carbonyl (C=O) groups excluding carboxylic acids is 1. The van der Waals surface area contributed by atoms with Crippen molar-refractivity contribution in [2.45, 2.75) is 39.5 Å². The number of carbonyl (C=O) groups is 1. The molecule has 0 radical (unpaired) electrons. The number of nitrogens with zero attached hydrogens (tertiary/aromatic N) is 1. The van der Waals surface area contributed by atoms with E-state index < -0.39 is 0 Å². The Balaban J connectivity index is 1.75. The third-order valence-electron chi connectivity index (χ3n) is 4.28. The number of benzene rings is 2. The molecule has 0 spiro atoms. The predicted molar refractivity (Wildman–Crippen MR) is 99.5 cm³/mol. The molecule has 3 nitrogen and oxygen atoms in total. The van der Waals surface area contributed by atoms with Crippen LogP contribution in [0.1, 0.15) is 31.4 Å². The average molecular weight is 335 g/mol. The lowest BCUT2D eigenvalue weighted by molar-refractivity contribution is -0.127. The lowest BCUT2D eigenvalue weighted by Crippen LogP contribution is -2.24. The van der Waals surface area contributed by atoms with Gasteiger partial charge in [0.25, 0.3) is 0 Å². The van der Waals surface area contributed by atoms with Crippen molar-refractivity contribution in [2.75, 3.05) is 0 Å². The minimum absolute atomic E-state index is 0.133. The molecule has 1 aliphatic rings. The summed E-state index contributed by atoms with van der Waals surface area (Å²) in [5.41, 5.74) is 3.26. The van der Waals surface area contributed by atoms with Gasteiger partial charge >= 0.3 is 0 Å². The molecule has 1 amide bonds. The summed E-state index contributed by atoms with van der Waals surface area (Å²) < 4.78 is 6.11. The van der Waals surface area contributed by atoms with Gasteiger partial charge in [-0.2, -0.15) is 0 Å². The van der Waals surface area contributed by atoms with Crippen LogP contribution >= 0.6 is 0 Å². The van der Waals surface area contributed by atoms with Gasteiger partial charge in [0, 0.05) is 5.70 Å². The topological polar surface area (TPSA) is 29.5 Å². The Kier molecular flexibility index (Phi) is 5.67. The molecule has 0 N–H and O–H groups in total. The first-order valence-electron chi connectivity index (χ1n) is 8.85. The van der Waals surface area contributed by atoms with Crippen molar-refractivity contribution in [2.24, 2.45) is 5.92 Å². The molecule has 1 atom stereocenters. The van der Waals surface area contributed by atoms with Crippen LogP contribution in [0.5, 0.6) is 0 Å². The van der Waals surface area contributed by atoms with Gasteiger partial charge in [0.1, 0.15) is 6.10 Å². The Morgan fingerprint density at radius 3 is 2.24 bits per heavy atom. The molecule has 1 heterocycles. The van der Waals surface area contributed by atoms with Crippen molar-refractivity contribution in [1.29, 1.82) is 0 Å². The molecule has 1 saturated heterocycles. The zero-order valence-corrected chi connectivity index (χ0v) is 14.9. The Bertz CT molecular complexity index is 722. The van der Waals surface area contributed by atoms with Gasteiger partial charge in [-0.3, -0.25) is 4.79 Å². The molecule has 0 bridgehead atoms. The predicted octanol–water partition coefficient (Wildman–Crippen LogP) is 4.54. The molecule has 130 valence electrons. The second kappa shape index (κ2) is 8.13. The van der Waals surface area contributed by atoms with E-state index in [-0.39, 0.29) is 12.0 Å². The number of ether oxygens (including phenoxy) is 1. The molecule has 0 unspecified atom stereocenters. The summed E-state index contributed by atoms with van der Waals surface area (Å²) in [7, 11) is 0. The van der Waals surface area contributed by atoms with Gasteiger partial charge in [0.15, 0.2) is 0 Å². The minimum Gasteiger partial charge on any atom is -0.367 e. The van der Waals surface area contributed by atoms with E-state index >= 15 is 0 Å². The fourth-order valence-electron chi connectivity index (χ4n) is 3.09. The number of hydrogen-bond acceptors (Lipinski definition) is 2. The zero-order valence-electron chi connectivity index (χ0n) is 14.9. The summed E-state index contributed by atoms with van der Waals surface area (Å²) in [4.78, 5) is 14.5. The molecule has 3 heteroatoms. The Morgan fingerprint density at radius 1 is 1.04 bits per heavy atom. The summed E-state index contributed by atoms with van der Waals surface area (Å²) in [6.45, 7) is 5.38. The first kappa shape index (κ1) is 17.4. The van der Waals surface area contributed by atoms with E-state index in [0.717, 1.165) is 16.8 Å². The molecule has 1 aliphatic heterocycles. The lowest BCUT2D eigenvalue weighted by atomic mass is 10.1. The maximum absolute atomic E-state index is 12.6. The van der Waals surface area contributed by atoms with Crippen LogP contribution < -0.4 is 0 Å². The smallest absolute Gasteiger partial charge is 0.230 e. The number of hydrogen-bond donors (Lipinski definition) is 0. The van der Waals surface area contributed by atoms with E-state index in [0.29, 0.717) is 25.5 Å². The maximum Gasteiger partial charge on any atom is 0.230 e. The van der Waals surface area contributed by atoms with Crippen LogP contribution in [0.3, 0.4) is 0 Å². The fourth-order valence-corrected chi connectivity index (χ4v) is 3.09. The maximum atomic E-state index is 12.6. The standard InChI is InChI=1S/C22H25NO2/c1-17(2)13-20-21(25-16-19-11-7-4-8-12-19)14-22(24)23(20)15-18-9-5-3-6-10-18/h3-13,17,21H,14-16H2,1-2H3/b20-13+/t21-/m0/s1. The summed E-state index contributed by atoms with van der Waals surface area (Å²) >= 11 is 0. The van der Waals surface area contributed by atoms with E-state index in [1.165, 1.54) is 0 Å². The Labute approximate surface area is 149 Å². The van der Waals surface area contributed by atoms with Gasteiger partial charge in [-0.25, -0.2) is 0 Å². The SMILES string of the molecule is CC(C)/C=C1\[C@@H](OCc2ccccc2)CC(=O)N1Cc1ccccc1. The second-order valence-corrected chi connectivity index (χ2v) is 6.79. The molecular formula is C22H25NO2. The number of allylic oxidation sites excluding steroid dienone is 1. The monoisotopic (exact) mass is 335 g/mol. The van der Waals surface area contributed by atoms with Crippen LogP contribution in [0.25, 0.3) is 0 Å². The van der Waals surface area contributed by atoms with Crippen LogP contribution in [0.2, 0.25) is 0 Å². The molecule has 0 aromatic heterocycles. The fraction of sp³-hybridized carbons (Fsp3) is 0.318. The van der Waals surface area contributed by atoms with Crippen molar-refractivity contribution < 1.29 is 9.53 Å². The van der Waals surface area contributed by atoms with Crippen LogP contribution in [0, 0.1) is 5.92 Å². The highest BCUT2D eigenvalue weighted by atomic mass is 16.5.